The largest absolute Gasteiger partial charge is 0.391 e. The molecule has 114 valence electrons. The Morgan fingerprint density at radius 1 is 1.26 bits per heavy atom. The highest BCUT2D eigenvalue weighted by molar-refractivity contribution is 4.90. The molecule has 0 radical (unpaired) electrons. The highest BCUT2D eigenvalue weighted by atomic mass is 16.5. The molecule has 19 heavy (non-hydrogen) atoms. The molecule has 1 fully saturated rings. The number of hydrogen-bond donors (Lipinski definition) is 1. The van der Waals surface area contributed by atoms with E-state index in [0.717, 1.165) is 44.9 Å². The zero-order valence-corrected chi connectivity index (χ0v) is 13.5. The highest BCUT2D eigenvalue weighted by Crippen LogP contribution is 2.41. The van der Waals surface area contributed by atoms with Crippen LogP contribution in [0, 0.1) is 11.3 Å². The van der Waals surface area contributed by atoms with Crippen molar-refractivity contribution in [3.63, 3.8) is 0 Å². The summed E-state index contributed by atoms with van der Waals surface area (Å²) >= 11 is 0. The fourth-order valence-electron chi connectivity index (χ4n) is 3.12. The predicted octanol–water partition coefficient (Wildman–Crippen LogP) is 2.92. The lowest BCUT2D eigenvalue weighted by molar-refractivity contribution is -0.0194. The zero-order valence-electron chi connectivity index (χ0n) is 13.5. The molecule has 3 atom stereocenters. The van der Waals surface area contributed by atoms with Crippen molar-refractivity contribution in [2.24, 2.45) is 11.3 Å². The summed E-state index contributed by atoms with van der Waals surface area (Å²) < 4.78 is 5.42. The second-order valence-electron chi connectivity index (χ2n) is 6.66. The number of rotatable bonds is 7. The van der Waals surface area contributed by atoms with Gasteiger partial charge in [-0.3, -0.25) is 4.90 Å². The van der Waals surface area contributed by atoms with Crippen LogP contribution in [0.15, 0.2) is 0 Å². The van der Waals surface area contributed by atoms with E-state index in [0.29, 0.717) is 11.5 Å². The van der Waals surface area contributed by atoms with Crippen molar-refractivity contribution < 1.29 is 9.84 Å². The first-order valence-electron chi connectivity index (χ1n) is 7.88. The molecule has 0 bridgehead atoms. The molecule has 0 aromatic heterocycles. The summed E-state index contributed by atoms with van der Waals surface area (Å²) in [6.07, 6.45) is 4.26. The molecule has 0 saturated heterocycles. The van der Waals surface area contributed by atoms with E-state index in [2.05, 4.69) is 32.7 Å². The zero-order chi connectivity index (χ0) is 14.5. The third kappa shape index (κ3) is 4.73. The number of likely N-dealkylation sites (N-methyl/N-ethyl adjacent to an activating group) is 1. The first-order valence-corrected chi connectivity index (χ1v) is 7.88. The lowest BCUT2D eigenvalue weighted by Gasteiger charge is -2.44. The molecular formula is C16H33NO2. The van der Waals surface area contributed by atoms with Crippen LogP contribution in [-0.2, 0) is 4.74 Å². The van der Waals surface area contributed by atoms with Gasteiger partial charge >= 0.3 is 0 Å². The molecule has 0 aliphatic heterocycles. The molecule has 1 aliphatic carbocycles. The number of aliphatic hydroxyl groups is 1. The lowest BCUT2D eigenvalue weighted by atomic mass is 9.67. The third-order valence-electron chi connectivity index (χ3n) is 5.16. The summed E-state index contributed by atoms with van der Waals surface area (Å²) in [6.45, 7) is 11.5. The Morgan fingerprint density at radius 3 is 2.53 bits per heavy atom. The van der Waals surface area contributed by atoms with Gasteiger partial charge in [0.05, 0.1) is 12.7 Å². The molecule has 0 heterocycles. The standard InChI is InChI=1S/C16H33NO2/c1-6-16(3,4)13-8-9-15(18)14(12-13)17(5)10-11-19-7-2/h13-15,18H,6-12H2,1-5H3. The van der Waals surface area contributed by atoms with Gasteiger partial charge in [0.1, 0.15) is 0 Å². The fraction of sp³-hybridized carbons (Fsp3) is 1.00. The van der Waals surface area contributed by atoms with Gasteiger partial charge in [-0.05, 0) is 44.6 Å². The minimum absolute atomic E-state index is 0.171. The van der Waals surface area contributed by atoms with Gasteiger partial charge in [0.2, 0.25) is 0 Å². The fourth-order valence-corrected chi connectivity index (χ4v) is 3.12. The van der Waals surface area contributed by atoms with Crippen molar-refractivity contribution in [3.8, 4) is 0 Å². The van der Waals surface area contributed by atoms with Crippen LogP contribution in [0.3, 0.4) is 0 Å². The van der Waals surface area contributed by atoms with Crippen LogP contribution in [0.4, 0.5) is 0 Å². The van der Waals surface area contributed by atoms with Gasteiger partial charge < -0.3 is 9.84 Å². The van der Waals surface area contributed by atoms with Crippen molar-refractivity contribution in [2.45, 2.75) is 65.5 Å². The quantitative estimate of drug-likeness (QED) is 0.723. The number of nitrogens with zero attached hydrogens (tertiary/aromatic N) is 1. The van der Waals surface area contributed by atoms with Crippen LogP contribution >= 0.6 is 0 Å². The summed E-state index contributed by atoms with van der Waals surface area (Å²) in [5.41, 5.74) is 0.388. The Kier molecular flexibility index (Phi) is 6.78. The van der Waals surface area contributed by atoms with E-state index in [4.69, 9.17) is 4.74 Å². The molecule has 1 N–H and O–H groups in total. The Balaban J connectivity index is 2.55. The van der Waals surface area contributed by atoms with Gasteiger partial charge in [-0.1, -0.05) is 27.2 Å². The van der Waals surface area contributed by atoms with E-state index >= 15 is 0 Å². The maximum Gasteiger partial charge on any atom is 0.0695 e. The van der Waals surface area contributed by atoms with Crippen LogP contribution in [0.2, 0.25) is 0 Å². The second-order valence-corrected chi connectivity index (χ2v) is 6.66. The van der Waals surface area contributed by atoms with E-state index in [9.17, 15) is 5.11 Å². The molecule has 0 aromatic carbocycles. The first-order chi connectivity index (χ1) is 8.92. The SMILES string of the molecule is CCOCCN(C)C1CC(C(C)(C)CC)CCC1O. The van der Waals surface area contributed by atoms with Crippen molar-refractivity contribution in [2.75, 3.05) is 26.8 Å². The smallest absolute Gasteiger partial charge is 0.0695 e. The molecule has 1 rings (SSSR count). The Hall–Kier alpha value is -0.120. The van der Waals surface area contributed by atoms with Crippen LogP contribution in [0.1, 0.15) is 53.4 Å². The van der Waals surface area contributed by atoms with Crippen LogP contribution in [0.5, 0.6) is 0 Å². The molecule has 3 nitrogen and oxygen atoms in total. The normalized spacial score (nSPS) is 28.9. The minimum Gasteiger partial charge on any atom is -0.391 e. The number of aliphatic hydroxyl groups excluding tert-OH is 1. The molecular weight excluding hydrogens is 238 g/mol. The van der Waals surface area contributed by atoms with Gasteiger partial charge in [0.25, 0.3) is 0 Å². The highest BCUT2D eigenvalue weighted by Gasteiger charge is 2.37. The lowest BCUT2D eigenvalue weighted by Crippen LogP contribution is -2.48. The summed E-state index contributed by atoms with van der Waals surface area (Å²) in [6, 6.07) is 0.296. The maximum absolute atomic E-state index is 10.3. The monoisotopic (exact) mass is 271 g/mol. The van der Waals surface area contributed by atoms with Crippen molar-refractivity contribution in [1.29, 1.82) is 0 Å². The molecule has 3 heteroatoms. The van der Waals surface area contributed by atoms with E-state index in [1.807, 2.05) is 6.92 Å². The molecule has 3 unspecified atom stereocenters. The van der Waals surface area contributed by atoms with Gasteiger partial charge in [-0.25, -0.2) is 0 Å². The van der Waals surface area contributed by atoms with Crippen molar-refractivity contribution in [1.82, 2.24) is 4.90 Å². The molecule has 1 aliphatic rings. The van der Waals surface area contributed by atoms with Crippen LogP contribution < -0.4 is 0 Å². The van der Waals surface area contributed by atoms with E-state index in [-0.39, 0.29) is 6.10 Å². The van der Waals surface area contributed by atoms with E-state index in [1.54, 1.807) is 0 Å². The summed E-state index contributed by atoms with van der Waals surface area (Å²) in [7, 11) is 2.12. The van der Waals surface area contributed by atoms with Gasteiger partial charge in [-0.15, -0.1) is 0 Å². The van der Waals surface area contributed by atoms with Gasteiger partial charge in [0, 0.05) is 19.2 Å². The second kappa shape index (κ2) is 7.61. The predicted molar refractivity (Wildman–Crippen MR) is 80.3 cm³/mol. The topological polar surface area (TPSA) is 32.7 Å². The summed E-state index contributed by atoms with van der Waals surface area (Å²) in [5.74, 6) is 0.723. The molecule has 0 aromatic rings. The van der Waals surface area contributed by atoms with Gasteiger partial charge in [-0.2, -0.15) is 0 Å². The number of ether oxygens (including phenoxy) is 1. The molecule has 1 saturated carbocycles. The average Bonchev–Trinajstić information content (AvgIpc) is 2.39. The Bertz CT molecular complexity index is 255. The average molecular weight is 271 g/mol. The molecule has 0 amide bonds. The Labute approximate surface area is 119 Å². The van der Waals surface area contributed by atoms with E-state index in [1.165, 1.54) is 6.42 Å². The van der Waals surface area contributed by atoms with Crippen molar-refractivity contribution >= 4 is 0 Å². The third-order valence-corrected chi connectivity index (χ3v) is 5.16. The number of hydrogen-bond acceptors (Lipinski definition) is 3. The first kappa shape index (κ1) is 16.9. The van der Waals surface area contributed by atoms with Gasteiger partial charge in [0.15, 0.2) is 0 Å². The molecule has 0 spiro atoms. The minimum atomic E-state index is -0.171. The summed E-state index contributed by atoms with van der Waals surface area (Å²) in [5, 5.41) is 10.3. The summed E-state index contributed by atoms with van der Waals surface area (Å²) in [4.78, 5) is 2.29. The van der Waals surface area contributed by atoms with Crippen LogP contribution in [-0.4, -0.2) is 49.0 Å². The Morgan fingerprint density at radius 2 is 1.95 bits per heavy atom. The van der Waals surface area contributed by atoms with E-state index < -0.39 is 0 Å². The van der Waals surface area contributed by atoms with Crippen LogP contribution in [0.25, 0.3) is 0 Å². The van der Waals surface area contributed by atoms with Crippen molar-refractivity contribution in [3.05, 3.63) is 0 Å². The maximum atomic E-state index is 10.3.